The molecule has 4 aromatic rings. The number of pyridine rings is 1. The number of aromatic nitrogens is 3. The third kappa shape index (κ3) is 4.05. The quantitative estimate of drug-likeness (QED) is 0.405. The number of ether oxygens (including phenoxy) is 2. The number of fused-ring (bicyclic) bond motifs is 1. The lowest BCUT2D eigenvalue weighted by Gasteiger charge is -2.15. The second-order valence-electron chi connectivity index (χ2n) is 7.52. The lowest BCUT2D eigenvalue weighted by atomic mass is 10.0. The van der Waals surface area contributed by atoms with E-state index in [0.29, 0.717) is 26.9 Å². The molecule has 1 fully saturated rings. The van der Waals surface area contributed by atoms with E-state index < -0.39 is 18.3 Å². The first kappa shape index (κ1) is 21.2. The van der Waals surface area contributed by atoms with Crippen LogP contribution < -0.4 is 4.74 Å². The molecule has 9 heteroatoms. The van der Waals surface area contributed by atoms with E-state index in [0.717, 1.165) is 16.7 Å². The van der Waals surface area contributed by atoms with E-state index in [4.69, 9.17) is 32.7 Å². The Morgan fingerprint density at radius 1 is 1.03 bits per heavy atom. The Morgan fingerprint density at radius 3 is 2.53 bits per heavy atom. The molecule has 0 radical (unpaired) electrons. The molecule has 0 spiro atoms. The van der Waals surface area contributed by atoms with Crippen molar-refractivity contribution in [3.63, 3.8) is 0 Å². The Hall–Kier alpha value is -2.68. The molecule has 164 valence electrons. The van der Waals surface area contributed by atoms with Crippen molar-refractivity contribution in [1.82, 2.24) is 15.0 Å². The van der Waals surface area contributed by atoms with Crippen LogP contribution in [0.5, 0.6) is 6.01 Å². The molecule has 1 aliphatic rings. The van der Waals surface area contributed by atoms with Crippen molar-refractivity contribution >= 4 is 34.4 Å². The number of aliphatic hydroxyl groups excluding tert-OH is 2. The smallest absolute Gasteiger partial charge is 0.296 e. The molecule has 0 aliphatic carbocycles. The zero-order chi connectivity index (χ0) is 22.2. The first-order valence-electron chi connectivity index (χ1n) is 10.0. The number of aromatic amines is 1. The Labute approximate surface area is 193 Å². The number of imidazole rings is 1. The summed E-state index contributed by atoms with van der Waals surface area (Å²) in [4.78, 5) is 12.0. The van der Waals surface area contributed by atoms with E-state index in [1.165, 1.54) is 0 Å². The van der Waals surface area contributed by atoms with Crippen molar-refractivity contribution in [3.05, 3.63) is 64.6 Å². The van der Waals surface area contributed by atoms with E-state index in [2.05, 4.69) is 15.0 Å². The molecule has 0 amide bonds. The van der Waals surface area contributed by atoms with Crippen LogP contribution in [-0.4, -0.2) is 56.7 Å². The van der Waals surface area contributed by atoms with Gasteiger partial charge in [-0.3, -0.25) is 0 Å². The number of hydrogen-bond acceptors (Lipinski definition) is 6. The van der Waals surface area contributed by atoms with E-state index in [1.54, 1.807) is 6.07 Å². The lowest BCUT2D eigenvalue weighted by Crippen LogP contribution is -2.36. The number of benzene rings is 2. The van der Waals surface area contributed by atoms with Crippen LogP contribution in [0.3, 0.4) is 0 Å². The number of hydrogen-bond donors (Lipinski definition) is 3. The molecule has 7 nitrogen and oxygen atoms in total. The van der Waals surface area contributed by atoms with Crippen molar-refractivity contribution in [1.29, 1.82) is 0 Å². The van der Waals surface area contributed by atoms with Crippen molar-refractivity contribution in [2.75, 3.05) is 13.2 Å². The molecule has 5 rings (SSSR count). The summed E-state index contributed by atoms with van der Waals surface area (Å²) in [6.07, 6.45) is -2.25. The second kappa shape index (κ2) is 8.69. The van der Waals surface area contributed by atoms with Gasteiger partial charge in [0.2, 0.25) is 0 Å². The Balaban J connectivity index is 1.41. The third-order valence-electron chi connectivity index (χ3n) is 5.40. The molecule has 0 bridgehead atoms. The number of halogens is 2. The third-order valence-corrected chi connectivity index (χ3v) is 5.92. The van der Waals surface area contributed by atoms with Gasteiger partial charge >= 0.3 is 0 Å². The number of H-pyrrole nitrogens is 1. The molecule has 3 heterocycles. The Morgan fingerprint density at radius 2 is 1.81 bits per heavy atom. The average molecular weight is 472 g/mol. The second-order valence-corrected chi connectivity index (χ2v) is 8.36. The van der Waals surface area contributed by atoms with Crippen LogP contribution in [0.2, 0.25) is 10.0 Å². The van der Waals surface area contributed by atoms with Gasteiger partial charge in [-0.25, -0.2) is 4.98 Å². The Kier molecular flexibility index (Phi) is 5.75. The molecule has 1 saturated heterocycles. The predicted molar refractivity (Wildman–Crippen MR) is 122 cm³/mol. The average Bonchev–Trinajstić information content (AvgIpc) is 3.35. The van der Waals surface area contributed by atoms with Gasteiger partial charge in [0.25, 0.3) is 6.01 Å². The summed E-state index contributed by atoms with van der Waals surface area (Å²) >= 11 is 12.6. The number of aliphatic hydroxyl groups is 2. The molecular weight excluding hydrogens is 453 g/mol. The van der Waals surface area contributed by atoms with Gasteiger partial charge in [0.05, 0.1) is 29.4 Å². The summed E-state index contributed by atoms with van der Waals surface area (Å²) in [5, 5.41) is 20.5. The van der Waals surface area contributed by atoms with Gasteiger partial charge in [-0.15, -0.1) is 0 Å². The first-order valence-corrected chi connectivity index (χ1v) is 10.8. The van der Waals surface area contributed by atoms with Crippen LogP contribution in [0, 0.1) is 0 Å². The standard InChI is InChI=1S/C23H19Cl2N3O4/c24-15-3-1-2-14(8-15)12-4-6-13(7-5-12)20-16(25)9-17-22(27-20)28-23(26-17)32-19-11-31-18(10-29)21(19)30/h1-9,18-19,21,29-30H,10-11H2,(H,26,27,28)/t18-,19?,21?/m1/s1. The minimum atomic E-state index is -0.946. The van der Waals surface area contributed by atoms with E-state index in [-0.39, 0.29) is 19.2 Å². The maximum atomic E-state index is 10.1. The molecule has 3 N–H and O–H groups in total. The largest absolute Gasteiger partial charge is 0.456 e. The van der Waals surface area contributed by atoms with E-state index in [9.17, 15) is 10.2 Å². The Bertz CT molecular complexity index is 1260. The van der Waals surface area contributed by atoms with Crippen molar-refractivity contribution < 1.29 is 19.7 Å². The fourth-order valence-corrected chi connectivity index (χ4v) is 4.16. The van der Waals surface area contributed by atoms with Gasteiger partial charge in [0, 0.05) is 10.6 Å². The predicted octanol–water partition coefficient (Wildman–Crippen LogP) is 4.10. The van der Waals surface area contributed by atoms with Crippen molar-refractivity contribution in [2.24, 2.45) is 0 Å². The zero-order valence-corrected chi connectivity index (χ0v) is 18.2. The normalized spacial score (nSPS) is 20.7. The number of rotatable bonds is 5. The summed E-state index contributed by atoms with van der Waals surface area (Å²) in [5.74, 6) is 0. The summed E-state index contributed by atoms with van der Waals surface area (Å²) in [6.45, 7) is -0.125. The summed E-state index contributed by atoms with van der Waals surface area (Å²) in [5.41, 5.74) is 4.54. The highest BCUT2D eigenvalue weighted by atomic mass is 35.5. The molecule has 2 aromatic carbocycles. The van der Waals surface area contributed by atoms with Crippen LogP contribution >= 0.6 is 23.2 Å². The lowest BCUT2D eigenvalue weighted by molar-refractivity contribution is -0.00390. The molecular formula is C23H19Cl2N3O4. The number of nitrogens with one attached hydrogen (secondary N) is 1. The highest BCUT2D eigenvalue weighted by Gasteiger charge is 2.37. The summed E-state index contributed by atoms with van der Waals surface area (Å²) in [6, 6.07) is 17.5. The van der Waals surface area contributed by atoms with Crippen molar-refractivity contribution in [2.45, 2.75) is 18.3 Å². The van der Waals surface area contributed by atoms with E-state index >= 15 is 0 Å². The monoisotopic (exact) mass is 471 g/mol. The van der Waals surface area contributed by atoms with Crippen LogP contribution in [-0.2, 0) is 4.74 Å². The molecule has 3 atom stereocenters. The fourth-order valence-electron chi connectivity index (χ4n) is 3.71. The van der Waals surface area contributed by atoms with E-state index in [1.807, 2.05) is 48.5 Å². The molecule has 0 saturated carbocycles. The molecule has 2 unspecified atom stereocenters. The maximum Gasteiger partial charge on any atom is 0.296 e. The van der Waals surface area contributed by atoms with Gasteiger partial charge in [0.15, 0.2) is 11.8 Å². The first-order chi connectivity index (χ1) is 15.5. The van der Waals surface area contributed by atoms with Crippen molar-refractivity contribution in [3.8, 4) is 28.4 Å². The molecule has 2 aromatic heterocycles. The molecule has 32 heavy (non-hydrogen) atoms. The minimum Gasteiger partial charge on any atom is -0.456 e. The van der Waals surface area contributed by atoms with Gasteiger partial charge < -0.3 is 24.7 Å². The van der Waals surface area contributed by atoms with Crippen LogP contribution in [0.4, 0.5) is 0 Å². The molecule has 1 aliphatic heterocycles. The maximum absolute atomic E-state index is 10.1. The van der Waals surface area contributed by atoms with Crippen LogP contribution in [0.1, 0.15) is 0 Å². The highest BCUT2D eigenvalue weighted by molar-refractivity contribution is 6.33. The number of nitrogens with zero attached hydrogens (tertiary/aromatic N) is 2. The van der Waals surface area contributed by atoms with Crippen LogP contribution in [0.25, 0.3) is 33.5 Å². The van der Waals surface area contributed by atoms with Gasteiger partial charge in [-0.2, -0.15) is 4.98 Å². The zero-order valence-electron chi connectivity index (χ0n) is 16.7. The topological polar surface area (TPSA) is 100 Å². The summed E-state index contributed by atoms with van der Waals surface area (Å²) in [7, 11) is 0. The van der Waals surface area contributed by atoms with Gasteiger partial charge in [-0.05, 0) is 29.3 Å². The SMILES string of the molecule is OC[C@H]1OCC(Oc2nc3nc(-c4ccc(-c5cccc(Cl)c5)cc4)c(Cl)cc3[nH]2)C1O. The highest BCUT2D eigenvalue weighted by Crippen LogP contribution is 2.32. The van der Waals surface area contributed by atoms with Gasteiger partial charge in [-0.1, -0.05) is 59.6 Å². The minimum absolute atomic E-state index is 0.155. The van der Waals surface area contributed by atoms with Crippen LogP contribution in [0.15, 0.2) is 54.6 Å². The van der Waals surface area contributed by atoms with Gasteiger partial charge in [0.1, 0.15) is 12.2 Å². The fraction of sp³-hybridized carbons (Fsp3) is 0.217. The summed E-state index contributed by atoms with van der Waals surface area (Å²) < 4.78 is 11.0.